The molecule has 5 heteroatoms. The smallest absolute Gasteiger partial charge is 0.156 e. The van der Waals surface area contributed by atoms with Crippen LogP contribution in [-0.4, -0.2) is 28.5 Å². The molecule has 1 saturated heterocycles. The lowest BCUT2D eigenvalue weighted by atomic mass is 10.0. The van der Waals surface area contributed by atoms with Crippen LogP contribution in [0.4, 0.5) is 0 Å². The van der Waals surface area contributed by atoms with E-state index in [1.807, 2.05) is 0 Å². The number of likely N-dealkylation sites (tertiary alicyclic amines) is 1. The van der Waals surface area contributed by atoms with Gasteiger partial charge in [0.05, 0.1) is 6.04 Å². The Morgan fingerprint density at radius 3 is 2.78 bits per heavy atom. The second-order valence-electron chi connectivity index (χ2n) is 4.63. The van der Waals surface area contributed by atoms with E-state index >= 15 is 0 Å². The van der Waals surface area contributed by atoms with Gasteiger partial charge in [-0.15, -0.1) is 0 Å². The summed E-state index contributed by atoms with van der Waals surface area (Å²) in [6, 6.07) is 8.57. The maximum Gasteiger partial charge on any atom is 0.156 e. The van der Waals surface area contributed by atoms with Gasteiger partial charge in [-0.3, -0.25) is 4.90 Å². The molecule has 0 bridgehead atoms. The molecule has 1 atom stereocenters. The summed E-state index contributed by atoms with van der Waals surface area (Å²) in [4.78, 5) is 2.29. The Bertz CT molecular complexity index is 419. The zero-order valence-corrected chi connectivity index (χ0v) is 12.4. The summed E-state index contributed by atoms with van der Waals surface area (Å²) in [5.41, 5.74) is 7.04. The van der Waals surface area contributed by atoms with Crippen molar-refractivity contribution in [1.82, 2.24) is 4.90 Å². The second-order valence-corrected chi connectivity index (χ2v) is 5.88. The highest BCUT2D eigenvalue weighted by Gasteiger charge is 2.25. The van der Waals surface area contributed by atoms with E-state index in [9.17, 15) is 0 Å². The van der Waals surface area contributed by atoms with E-state index < -0.39 is 0 Å². The molecule has 18 heavy (non-hydrogen) atoms. The lowest BCUT2D eigenvalue weighted by Gasteiger charge is -2.34. The van der Waals surface area contributed by atoms with Gasteiger partial charge in [-0.25, -0.2) is 0 Å². The predicted octanol–water partition coefficient (Wildman–Crippen LogP) is 2.39. The minimum absolute atomic E-state index is 0.0722. The van der Waals surface area contributed by atoms with Gasteiger partial charge in [0.1, 0.15) is 0 Å². The first kappa shape index (κ1) is 13.6. The molecule has 1 aliphatic rings. The van der Waals surface area contributed by atoms with E-state index in [0.29, 0.717) is 5.84 Å². The van der Waals surface area contributed by atoms with Gasteiger partial charge in [-0.1, -0.05) is 23.7 Å². The van der Waals surface area contributed by atoms with Crippen molar-refractivity contribution < 1.29 is 5.21 Å². The van der Waals surface area contributed by atoms with Crippen LogP contribution < -0.4 is 5.73 Å². The van der Waals surface area contributed by atoms with Crippen LogP contribution in [0.1, 0.15) is 24.8 Å². The van der Waals surface area contributed by atoms with E-state index in [4.69, 9.17) is 10.9 Å². The lowest BCUT2D eigenvalue weighted by Crippen LogP contribution is -2.47. The van der Waals surface area contributed by atoms with Crippen molar-refractivity contribution in [2.75, 3.05) is 6.54 Å². The number of oxime groups is 1. The van der Waals surface area contributed by atoms with E-state index in [2.05, 4.69) is 56.9 Å². The van der Waals surface area contributed by atoms with Gasteiger partial charge < -0.3 is 10.9 Å². The molecule has 0 aromatic heterocycles. The molecule has 1 aromatic carbocycles. The van der Waals surface area contributed by atoms with Crippen LogP contribution >= 0.6 is 22.6 Å². The van der Waals surface area contributed by atoms with Crippen LogP contribution in [0.25, 0.3) is 0 Å². The first-order valence-electron chi connectivity index (χ1n) is 6.16. The number of rotatable bonds is 3. The number of nitrogens with two attached hydrogens (primary N) is 1. The number of halogens is 1. The topological polar surface area (TPSA) is 61.9 Å². The number of amidine groups is 1. The van der Waals surface area contributed by atoms with E-state index in [0.717, 1.165) is 25.9 Å². The summed E-state index contributed by atoms with van der Waals surface area (Å²) in [7, 11) is 0. The molecule has 4 nitrogen and oxygen atoms in total. The van der Waals surface area contributed by atoms with Crippen LogP contribution in [0.3, 0.4) is 0 Å². The SMILES string of the molecule is NC(=NO)C1CCCCN1Cc1ccc(I)cc1. The third-order valence-electron chi connectivity index (χ3n) is 3.37. The molecule has 0 spiro atoms. The summed E-state index contributed by atoms with van der Waals surface area (Å²) < 4.78 is 1.24. The maximum atomic E-state index is 8.84. The van der Waals surface area contributed by atoms with Gasteiger partial charge in [0.25, 0.3) is 0 Å². The van der Waals surface area contributed by atoms with Crippen LogP contribution in [0.2, 0.25) is 0 Å². The highest BCUT2D eigenvalue weighted by molar-refractivity contribution is 14.1. The molecule has 1 aliphatic heterocycles. The first-order valence-corrected chi connectivity index (χ1v) is 7.24. The normalized spacial score (nSPS) is 22.1. The summed E-state index contributed by atoms with van der Waals surface area (Å²) in [6.07, 6.45) is 3.30. The number of benzene rings is 1. The van der Waals surface area contributed by atoms with Crippen LogP contribution in [0.15, 0.2) is 29.4 Å². The Hall–Kier alpha value is -0.820. The fraction of sp³-hybridized carbons (Fsp3) is 0.462. The van der Waals surface area contributed by atoms with Crippen molar-refractivity contribution in [3.8, 4) is 0 Å². The van der Waals surface area contributed by atoms with Gasteiger partial charge in [0.15, 0.2) is 5.84 Å². The Labute approximate surface area is 121 Å². The van der Waals surface area contributed by atoms with Gasteiger partial charge in [0.2, 0.25) is 0 Å². The third kappa shape index (κ3) is 3.35. The number of hydrogen-bond acceptors (Lipinski definition) is 3. The van der Waals surface area contributed by atoms with Crippen LogP contribution in [-0.2, 0) is 6.54 Å². The Morgan fingerprint density at radius 2 is 2.11 bits per heavy atom. The molecular weight excluding hydrogens is 341 g/mol. The van der Waals surface area contributed by atoms with Crippen molar-refractivity contribution in [2.45, 2.75) is 31.8 Å². The van der Waals surface area contributed by atoms with Gasteiger partial charge in [-0.2, -0.15) is 0 Å². The Morgan fingerprint density at radius 1 is 1.39 bits per heavy atom. The molecule has 1 heterocycles. The van der Waals surface area contributed by atoms with Crippen LogP contribution in [0, 0.1) is 3.57 Å². The van der Waals surface area contributed by atoms with Crippen molar-refractivity contribution >= 4 is 28.4 Å². The molecule has 2 rings (SSSR count). The van der Waals surface area contributed by atoms with E-state index in [1.54, 1.807) is 0 Å². The largest absolute Gasteiger partial charge is 0.409 e. The number of piperidine rings is 1. The molecule has 0 radical (unpaired) electrons. The standard InChI is InChI=1S/C13H18IN3O/c14-11-6-4-10(5-7-11)9-17-8-2-1-3-12(17)13(15)16-18/h4-7,12,18H,1-3,8-9H2,(H2,15,16). The van der Waals surface area contributed by atoms with Crippen LogP contribution in [0.5, 0.6) is 0 Å². The molecule has 1 aromatic rings. The van der Waals surface area contributed by atoms with Crippen molar-refractivity contribution in [3.63, 3.8) is 0 Å². The zero-order chi connectivity index (χ0) is 13.0. The molecular formula is C13H18IN3O. The van der Waals surface area contributed by atoms with Gasteiger partial charge >= 0.3 is 0 Å². The van der Waals surface area contributed by atoms with E-state index in [-0.39, 0.29) is 6.04 Å². The molecule has 3 N–H and O–H groups in total. The van der Waals surface area contributed by atoms with Crippen molar-refractivity contribution in [1.29, 1.82) is 0 Å². The molecule has 0 saturated carbocycles. The molecule has 1 unspecified atom stereocenters. The molecule has 0 aliphatic carbocycles. The van der Waals surface area contributed by atoms with Crippen molar-refractivity contribution in [2.24, 2.45) is 10.9 Å². The Kier molecular flexibility index (Phi) is 4.82. The summed E-state index contributed by atoms with van der Waals surface area (Å²) in [5, 5.41) is 12.0. The minimum atomic E-state index is 0.0722. The summed E-state index contributed by atoms with van der Waals surface area (Å²) >= 11 is 2.30. The second kappa shape index (κ2) is 6.38. The predicted molar refractivity (Wildman–Crippen MR) is 80.6 cm³/mol. The molecule has 1 fully saturated rings. The fourth-order valence-corrected chi connectivity index (χ4v) is 2.77. The lowest BCUT2D eigenvalue weighted by molar-refractivity contribution is 0.178. The number of nitrogens with zero attached hydrogens (tertiary/aromatic N) is 2. The zero-order valence-electron chi connectivity index (χ0n) is 10.2. The monoisotopic (exact) mass is 359 g/mol. The molecule has 0 amide bonds. The highest BCUT2D eigenvalue weighted by Crippen LogP contribution is 2.20. The fourth-order valence-electron chi connectivity index (χ4n) is 2.41. The first-order chi connectivity index (χ1) is 8.70. The summed E-state index contributed by atoms with van der Waals surface area (Å²) in [5.74, 6) is 0.334. The Balaban J connectivity index is 2.07. The van der Waals surface area contributed by atoms with Gasteiger partial charge in [-0.05, 0) is 59.7 Å². The summed E-state index contributed by atoms with van der Waals surface area (Å²) in [6.45, 7) is 1.87. The highest BCUT2D eigenvalue weighted by atomic mass is 127. The average molecular weight is 359 g/mol. The molecule has 98 valence electrons. The number of hydrogen-bond donors (Lipinski definition) is 2. The van der Waals surface area contributed by atoms with Gasteiger partial charge in [0, 0.05) is 10.1 Å². The quantitative estimate of drug-likeness (QED) is 0.286. The maximum absolute atomic E-state index is 8.84. The average Bonchev–Trinajstić information content (AvgIpc) is 2.41. The van der Waals surface area contributed by atoms with Crippen molar-refractivity contribution in [3.05, 3.63) is 33.4 Å². The third-order valence-corrected chi connectivity index (χ3v) is 4.09. The minimum Gasteiger partial charge on any atom is -0.409 e. The van der Waals surface area contributed by atoms with E-state index in [1.165, 1.54) is 15.6 Å².